The Hall–Kier alpha value is -4.14. The van der Waals surface area contributed by atoms with E-state index in [4.69, 9.17) is 9.84 Å². The van der Waals surface area contributed by atoms with Crippen LogP contribution in [0, 0.1) is 0 Å². The van der Waals surface area contributed by atoms with Gasteiger partial charge in [-0.3, -0.25) is 20.0 Å². The molecule has 0 bridgehead atoms. The first-order valence-electron chi connectivity index (χ1n) is 10.7. The minimum absolute atomic E-state index is 0.0712. The van der Waals surface area contributed by atoms with Crippen LogP contribution < -0.4 is 5.32 Å². The summed E-state index contributed by atoms with van der Waals surface area (Å²) in [7, 11) is 0. The molecule has 1 aromatic heterocycles. The average Bonchev–Trinajstić information content (AvgIpc) is 3.39. The van der Waals surface area contributed by atoms with E-state index >= 15 is 0 Å². The Morgan fingerprint density at radius 1 is 1.09 bits per heavy atom. The largest absolute Gasteiger partial charge is 0.480 e. The van der Waals surface area contributed by atoms with Crippen LogP contribution in [0.15, 0.2) is 54.6 Å². The highest BCUT2D eigenvalue weighted by atomic mass is 16.5. The first-order chi connectivity index (χ1) is 16.0. The standard InChI is InChI=1S/C24H24N4O5/c1-2-11-28(13-22(29)30)23(31)20-12-21(27-26-20)25-24(32)33-14-19-17-9-5-3-7-15(17)16-8-4-6-10-18(16)19/h3-10,12,19H,2,11,13-14H2,1H3,(H,29,30)(H2,25,26,27,32). The molecule has 9 nitrogen and oxygen atoms in total. The Kier molecular flexibility index (Phi) is 6.39. The number of hydrogen-bond acceptors (Lipinski definition) is 5. The minimum atomic E-state index is -1.10. The van der Waals surface area contributed by atoms with Crippen LogP contribution in [0.25, 0.3) is 11.1 Å². The SMILES string of the molecule is CCCN(CC(=O)O)C(=O)c1cc(NC(=O)OCC2c3ccccc3-c3ccccc32)n[nH]1. The van der Waals surface area contributed by atoms with E-state index in [9.17, 15) is 14.4 Å². The van der Waals surface area contributed by atoms with Gasteiger partial charge in [-0.25, -0.2) is 4.79 Å². The van der Waals surface area contributed by atoms with Gasteiger partial charge in [0.05, 0.1) is 0 Å². The summed E-state index contributed by atoms with van der Waals surface area (Å²) in [5, 5.41) is 18.0. The minimum Gasteiger partial charge on any atom is -0.480 e. The van der Waals surface area contributed by atoms with Gasteiger partial charge in [-0.1, -0.05) is 55.5 Å². The third kappa shape index (κ3) is 4.72. The highest BCUT2D eigenvalue weighted by Gasteiger charge is 2.29. The van der Waals surface area contributed by atoms with Crippen LogP contribution in [-0.2, 0) is 9.53 Å². The molecule has 3 N–H and O–H groups in total. The molecule has 2 aromatic carbocycles. The van der Waals surface area contributed by atoms with E-state index in [1.807, 2.05) is 43.3 Å². The number of nitrogens with zero attached hydrogens (tertiary/aromatic N) is 2. The zero-order valence-electron chi connectivity index (χ0n) is 18.1. The number of nitrogens with one attached hydrogen (secondary N) is 2. The van der Waals surface area contributed by atoms with Crippen LogP contribution in [0.3, 0.4) is 0 Å². The Balaban J connectivity index is 1.39. The summed E-state index contributed by atoms with van der Waals surface area (Å²) in [4.78, 5) is 37.2. The fourth-order valence-electron chi connectivity index (χ4n) is 4.09. The molecule has 170 valence electrons. The molecular weight excluding hydrogens is 424 g/mol. The number of aliphatic carboxylic acids is 1. The molecule has 1 heterocycles. The molecule has 1 aliphatic rings. The number of carboxylic acid groups (broad SMARTS) is 1. The molecule has 0 unspecified atom stereocenters. The second-order valence-corrected chi connectivity index (χ2v) is 7.74. The number of rotatable bonds is 8. The molecule has 0 saturated heterocycles. The van der Waals surface area contributed by atoms with E-state index in [1.165, 1.54) is 11.0 Å². The van der Waals surface area contributed by atoms with E-state index in [1.54, 1.807) is 0 Å². The number of hydrogen-bond donors (Lipinski definition) is 3. The van der Waals surface area contributed by atoms with E-state index in [0.717, 1.165) is 22.3 Å². The molecule has 0 spiro atoms. The van der Waals surface area contributed by atoms with Crippen molar-refractivity contribution >= 4 is 23.8 Å². The predicted molar refractivity (Wildman–Crippen MR) is 121 cm³/mol. The first-order valence-corrected chi connectivity index (χ1v) is 10.7. The number of carbonyl (C=O) groups excluding carboxylic acids is 2. The molecule has 0 aliphatic heterocycles. The van der Waals surface area contributed by atoms with Gasteiger partial charge in [0.2, 0.25) is 0 Å². The number of ether oxygens (including phenoxy) is 1. The van der Waals surface area contributed by atoms with Crippen molar-refractivity contribution in [1.29, 1.82) is 0 Å². The normalized spacial score (nSPS) is 12.0. The summed E-state index contributed by atoms with van der Waals surface area (Å²) in [6.07, 6.45) is -0.0869. The molecule has 9 heteroatoms. The predicted octanol–water partition coefficient (Wildman–Crippen LogP) is 3.71. The van der Waals surface area contributed by atoms with Gasteiger partial charge in [-0.05, 0) is 28.7 Å². The van der Waals surface area contributed by atoms with Crippen molar-refractivity contribution in [3.05, 3.63) is 71.4 Å². The highest BCUT2D eigenvalue weighted by molar-refractivity contribution is 5.95. The molecule has 0 radical (unpaired) electrons. The van der Waals surface area contributed by atoms with Gasteiger partial charge in [0.15, 0.2) is 5.82 Å². The number of fused-ring (bicyclic) bond motifs is 3. The number of anilines is 1. The number of amides is 2. The van der Waals surface area contributed by atoms with Gasteiger partial charge >= 0.3 is 12.1 Å². The second kappa shape index (κ2) is 9.56. The lowest BCUT2D eigenvalue weighted by Crippen LogP contribution is -2.36. The van der Waals surface area contributed by atoms with Gasteiger partial charge in [0, 0.05) is 18.5 Å². The monoisotopic (exact) mass is 448 g/mol. The van der Waals surface area contributed by atoms with Gasteiger partial charge in [-0.15, -0.1) is 0 Å². The number of H-pyrrole nitrogens is 1. The number of carboxylic acids is 1. The number of aromatic amines is 1. The van der Waals surface area contributed by atoms with Gasteiger partial charge in [0.1, 0.15) is 18.8 Å². The van der Waals surface area contributed by atoms with Crippen molar-refractivity contribution in [2.24, 2.45) is 0 Å². The topological polar surface area (TPSA) is 125 Å². The lowest BCUT2D eigenvalue weighted by Gasteiger charge is -2.18. The molecule has 0 fully saturated rings. The molecule has 0 atom stereocenters. The molecular formula is C24H24N4O5. The maximum Gasteiger partial charge on any atom is 0.412 e. The van der Waals surface area contributed by atoms with Crippen LogP contribution in [0.1, 0.15) is 40.9 Å². The molecule has 1 aliphatic carbocycles. The molecule has 4 rings (SSSR count). The van der Waals surface area contributed by atoms with E-state index in [0.29, 0.717) is 13.0 Å². The number of benzene rings is 2. The van der Waals surface area contributed by atoms with Gasteiger partial charge < -0.3 is 14.7 Å². The average molecular weight is 448 g/mol. The Morgan fingerprint density at radius 3 is 2.33 bits per heavy atom. The zero-order chi connectivity index (χ0) is 23.4. The van der Waals surface area contributed by atoms with E-state index < -0.39 is 24.5 Å². The summed E-state index contributed by atoms with van der Waals surface area (Å²) in [5.41, 5.74) is 4.56. The van der Waals surface area contributed by atoms with Crippen molar-refractivity contribution in [2.75, 3.05) is 25.0 Å². The van der Waals surface area contributed by atoms with Crippen LogP contribution in [0.5, 0.6) is 0 Å². The van der Waals surface area contributed by atoms with Gasteiger partial charge in [0.25, 0.3) is 5.91 Å². The van der Waals surface area contributed by atoms with E-state index in [-0.39, 0.29) is 24.0 Å². The van der Waals surface area contributed by atoms with Crippen LogP contribution in [0.4, 0.5) is 10.6 Å². The summed E-state index contributed by atoms with van der Waals surface area (Å²) in [5.74, 6) is -1.57. The second-order valence-electron chi connectivity index (χ2n) is 7.74. The van der Waals surface area contributed by atoms with Gasteiger partial charge in [-0.2, -0.15) is 5.10 Å². The first kappa shape index (κ1) is 22.1. The van der Waals surface area contributed by atoms with Crippen LogP contribution in [0.2, 0.25) is 0 Å². The summed E-state index contributed by atoms with van der Waals surface area (Å²) in [6.45, 7) is 1.87. The molecule has 0 saturated carbocycles. The third-order valence-electron chi connectivity index (χ3n) is 5.49. The lowest BCUT2D eigenvalue weighted by atomic mass is 9.98. The summed E-state index contributed by atoms with van der Waals surface area (Å²) < 4.78 is 5.47. The van der Waals surface area contributed by atoms with Crippen molar-refractivity contribution in [3.63, 3.8) is 0 Å². The number of aromatic nitrogens is 2. The fourth-order valence-corrected chi connectivity index (χ4v) is 4.09. The Labute approximate surface area is 190 Å². The number of carbonyl (C=O) groups is 3. The lowest BCUT2D eigenvalue weighted by molar-refractivity contribution is -0.137. The summed E-state index contributed by atoms with van der Waals surface area (Å²) in [6, 6.07) is 17.4. The quantitative estimate of drug-likeness (QED) is 0.483. The van der Waals surface area contributed by atoms with E-state index in [2.05, 4.69) is 27.6 Å². The fraction of sp³-hybridized carbons (Fsp3) is 0.250. The maximum atomic E-state index is 12.6. The Morgan fingerprint density at radius 2 is 1.73 bits per heavy atom. The maximum absolute atomic E-state index is 12.6. The molecule has 2 amide bonds. The van der Waals surface area contributed by atoms with Crippen LogP contribution in [-0.4, -0.2) is 57.9 Å². The molecule has 33 heavy (non-hydrogen) atoms. The van der Waals surface area contributed by atoms with Crippen molar-refractivity contribution in [3.8, 4) is 11.1 Å². The van der Waals surface area contributed by atoms with Crippen molar-refractivity contribution in [2.45, 2.75) is 19.3 Å². The zero-order valence-corrected chi connectivity index (χ0v) is 18.1. The summed E-state index contributed by atoms with van der Waals surface area (Å²) >= 11 is 0. The van der Waals surface area contributed by atoms with Crippen molar-refractivity contribution in [1.82, 2.24) is 15.1 Å². The smallest absolute Gasteiger partial charge is 0.412 e. The third-order valence-corrected chi connectivity index (χ3v) is 5.49. The van der Waals surface area contributed by atoms with Crippen LogP contribution >= 0.6 is 0 Å². The Bertz CT molecular complexity index is 1140. The molecule has 3 aromatic rings. The highest BCUT2D eigenvalue weighted by Crippen LogP contribution is 2.44. The van der Waals surface area contributed by atoms with Crippen molar-refractivity contribution < 1.29 is 24.2 Å².